The summed E-state index contributed by atoms with van der Waals surface area (Å²) < 4.78 is 25.8. The molecule has 194 valence electrons. The third kappa shape index (κ3) is 2.40. The lowest BCUT2D eigenvalue weighted by molar-refractivity contribution is -0.155. The molecular formula is C30H30N4O4. The molecule has 6 aliphatic heterocycles. The fourth-order valence-corrected chi connectivity index (χ4v) is 8.72. The maximum atomic E-state index is 11.5. The topological polar surface area (TPSA) is 91.0 Å². The number of hydrogen-bond acceptors (Lipinski definition) is 8. The summed E-state index contributed by atoms with van der Waals surface area (Å²) in [6, 6.07) is 20.9. The van der Waals surface area contributed by atoms with Crippen LogP contribution in [0.15, 0.2) is 48.5 Å². The molecule has 0 aromatic heterocycles. The first kappa shape index (κ1) is 22.8. The van der Waals surface area contributed by atoms with Gasteiger partial charge in [0.05, 0.1) is 24.2 Å². The first-order chi connectivity index (χ1) is 18.2. The summed E-state index contributed by atoms with van der Waals surface area (Å²) in [7, 11) is 0. The summed E-state index contributed by atoms with van der Waals surface area (Å²) >= 11 is 0. The number of ether oxygens (including phenoxy) is 4. The van der Waals surface area contributed by atoms with E-state index in [1.54, 1.807) is 0 Å². The minimum Gasteiger partial charge on any atom is -0.361 e. The highest BCUT2D eigenvalue weighted by atomic mass is 16.8. The fourth-order valence-electron chi connectivity index (χ4n) is 8.72. The zero-order valence-electron chi connectivity index (χ0n) is 21.9. The van der Waals surface area contributed by atoms with Crippen molar-refractivity contribution in [3.63, 3.8) is 0 Å². The van der Waals surface area contributed by atoms with Gasteiger partial charge in [-0.3, -0.25) is 0 Å². The molecule has 2 aromatic rings. The van der Waals surface area contributed by atoms with Crippen molar-refractivity contribution in [1.29, 1.82) is 10.5 Å². The fraction of sp³-hybridized carbons (Fsp3) is 0.533. The van der Waals surface area contributed by atoms with Crippen molar-refractivity contribution in [3.05, 3.63) is 59.7 Å². The highest BCUT2D eigenvalue weighted by molar-refractivity contribution is 5.79. The lowest BCUT2D eigenvalue weighted by Gasteiger charge is -2.46. The van der Waals surface area contributed by atoms with Crippen LogP contribution in [0.4, 0.5) is 11.4 Å². The quantitative estimate of drug-likeness (QED) is 0.577. The largest absolute Gasteiger partial charge is 0.361 e. The van der Waals surface area contributed by atoms with Crippen LogP contribution in [0.1, 0.15) is 38.8 Å². The predicted octanol–water partition coefficient (Wildman–Crippen LogP) is 3.35. The van der Waals surface area contributed by atoms with E-state index in [9.17, 15) is 10.5 Å². The number of benzene rings is 2. The third-order valence-corrected chi connectivity index (χ3v) is 9.63. The number of nitrogens with zero attached hydrogens (tertiary/aromatic N) is 4. The van der Waals surface area contributed by atoms with Gasteiger partial charge in [-0.1, -0.05) is 36.4 Å². The lowest BCUT2D eigenvalue weighted by Crippen LogP contribution is -2.65. The molecule has 0 unspecified atom stereocenters. The highest BCUT2D eigenvalue weighted by Gasteiger charge is 2.78. The Labute approximate surface area is 222 Å². The van der Waals surface area contributed by atoms with Crippen molar-refractivity contribution in [2.24, 2.45) is 0 Å². The maximum Gasteiger partial charge on any atom is 0.163 e. The normalized spacial score (nSPS) is 42.1. The molecule has 8 nitrogen and oxygen atoms in total. The molecule has 4 saturated heterocycles. The van der Waals surface area contributed by atoms with Gasteiger partial charge in [0.2, 0.25) is 0 Å². The van der Waals surface area contributed by atoms with Gasteiger partial charge in [-0.25, -0.2) is 0 Å². The molecule has 0 N–H and O–H groups in total. The summed E-state index contributed by atoms with van der Waals surface area (Å²) in [6.45, 7) is 8.90. The number of fused-ring (bicyclic) bond motifs is 10. The molecule has 0 spiro atoms. The van der Waals surface area contributed by atoms with Crippen molar-refractivity contribution in [2.45, 2.75) is 86.6 Å². The second-order valence-corrected chi connectivity index (χ2v) is 12.3. The monoisotopic (exact) mass is 510 g/mol. The molecule has 0 saturated carbocycles. The van der Waals surface area contributed by atoms with Gasteiger partial charge in [-0.2, -0.15) is 10.5 Å². The second kappa shape index (κ2) is 6.89. The Morgan fingerprint density at radius 3 is 1.45 bits per heavy atom. The van der Waals surface area contributed by atoms with Gasteiger partial charge in [-0.05, 0) is 51.0 Å². The molecule has 6 heterocycles. The van der Waals surface area contributed by atoms with Gasteiger partial charge < -0.3 is 28.7 Å². The number of hydrogen-bond donors (Lipinski definition) is 0. The van der Waals surface area contributed by atoms with Crippen LogP contribution < -0.4 is 9.80 Å². The molecule has 8 rings (SSSR count). The van der Waals surface area contributed by atoms with Crippen molar-refractivity contribution >= 4 is 11.4 Å². The summed E-state index contributed by atoms with van der Waals surface area (Å²) in [5, 5.41) is 23.0. The molecule has 0 aliphatic carbocycles. The smallest absolute Gasteiger partial charge is 0.163 e. The first-order valence-electron chi connectivity index (χ1n) is 13.4. The summed E-state index contributed by atoms with van der Waals surface area (Å²) in [5.41, 5.74) is 1.20. The van der Waals surface area contributed by atoms with Crippen LogP contribution in [0.3, 0.4) is 0 Å². The van der Waals surface area contributed by atoms with Gasteiger partial charge >= 0.3 is 0 Å². The Kier molecular flexibility index (Phi) is 4.13. The minimum absolute atomic E-state index is 0.194. The predicted molar refractivity (Wildman–Crippen MR) is 137 cm³/mol. The number of rotatable bonds is 1. The summed E-state index contributed by atoms with van der Waals surface area (Å²) in [4.78, 5) is 4.52. The molecule has 8 heteroatoms. The van der Waals surface area contributed by atoms with E-state index < -0.39 is 34.5 Å². The summed E-state index contributed by atoms with van der Waals surface area (Å²) in [5.74, 6) is -1.52. The molecule has 6 aliphatic rings. The van der Waals surface area contributed by atoms with E-state index in [4.69, 9.17) is 18.9 Å². The van der Waals surface area contributed by atoms with Crippen molar-refractivity contribution in [2.75, 3.05) is 22.9 Å². The lowest BCUT2D eigenvalue weighted by atomic mass is 9.52. The van der Waals surface area contributed by atoms with Gasteiger partial charge in [0, 0.05) is 24.5 Å². The number of nitriles is 2. The zero-order chi connectivity index (χ0) is 26.2. The van der Waals surface area contributed by atoms with Crippen LogP contribution in [-0.2, 0) is 29.8 Å². The van der Waals surface area contributed by atoms with Gasteiger partial charge in [-0.15, -0.1) is 0 Å². The number of anilines is 2. The second-order valence-electron chi connectivity index (χ2n) is 12.3. The van der Waals surface area contributed by atoms with Crippen LogP contribution in [0, 0.1) is 22.7 Å². The van der Waals surface area contributed by atoms with E-state index in [1.165, 1.54) is 0 Å². The molecule has 0 radical (unpaired) electrons. The van der Waals surface area contributed by atoms with Crippen molar-refractivity contribution < 1.29 is 18.9 Å². The highest BCUT2D eigenvalue weighted by Crippen LogP contribution is 2.66. The van der Waals surface area contributed by atoms with Crippen LogP contribution in [0.2, 0.25) is 0 Å². The SMILES string of the molecule is CC1(C)O[C@H]2[C@H](CN3c4ccccc4[C@](C#N)([C@@]4(C#N)c5ccccc5N5C[C@@H]6OC(C)(C)O[C@@H]6[C@@H]54)[C@@H]23)O1. The minimum atomic E-state index is -1.25. The van der Waals surface area contributed by atoms with E-state index >= 15 is 0 Å². The zero-order valence-corrected chi connectivity index (χ0v) is 21.9. The van der Waals surface area contributed by atoms with E-state index in [-0.39, 0.29) is 24.4 Å². The molecule has 38 heavy (non-hydrogen) atoms. The van der Waals surface area contributed by atoms with E-state index in [1.807, 2.05) is 64.1 Å². The molecular weight excluding hydrogens is 480 g/mol. The Bertz CT molecular complexity index is 1350. The molecule has 2 aromatic carbocycles. The average molecular weight is 511 g/mol. The first-order valence-corrected chi connectivity index (χ1v) is 13.4. The van der Waals surface area contributed by atoms with Crippen LogP contribution in [0.25, 0.3) is 0 Å². The van der Waals surface area contributed by atoms with E-state index in [2.05, 4.69) is 34.1 Å². The Hall–Kier alpha value is -3.14. The Morgan fingerprint density at radius 1 is 0.658 bits per heavy atom. The molecule has 8 atom stereocenters. The Balaban J connectivity index is 1.43. The molecule has 0 bridgehead atoms. The van der Waals surface area contributed by atoms with Crippen LogP contribution in [-0.4, -0.2) is 61.2 Å². The summed E-state index contributed by atoms with van der Waals surface area (Å²) in [6.07, 6.45) is -1.11. The van der Waals surface area contributed by atoms with Crippen LogP contribution >= 0.6 is 0 Å². The number of para-hydroxylation sites is 2. The van der Waals surface area contributed by atoms with Gasteiger partial charge in [0.15, 0.2) is 11.6 Å². The average Bonchev–Trinajstić information content (AvgIpc) is 3.66. The third-order valence-electron chi connectivity index (χ3n) is 9.63. The van der Waals surface area contributed by atoms with E-state index in [0.717, 1.165) is 22.5 Å². The van der Waals surface area contributed by atoms with Crippen molar-refractivity contribution in [1.82, 2.24) is 0 Å². The molecule has 4 fully saturated rings. The van der Waals surface area contributed by atoms with Gasteiger partial charge in [0.1, 0.15) is 35.2 Å². The molecule has 0 amide bonds. The standard InChI is InChI=1S/C30H30N4O4/c1-27(2)35-21-13-33-19-11-7-5-9-17(19)29(15-31,25(33)23(21)37-27)30(16-32)18-10-6-8-12-20(18)34-14-22-24(26(30)34)38-28(3,4)36-22/h5-12,21-26H,13-14H2,1-4H3/t21-,22-,23-,24-,25+,26+,29-,30-/m0/s1. The maximum absolute atomic E-state index is 11.5. The van der Waals surface area contributed by atoms with E-state index in [0.29, 0.717) is 13.1 Å². The van der Waals surface area contributed by atoms with Crippen molar-refractivity contribution in [3.8, 4) is 12.1 Å². The van der Waals surface area contributed by atoms with Crippen LogP contribution in [0.5, 0.6) is 0 Å². The van der Waals surface area contributed by atoms with Gasteiger partial charge in [0.25, 0.3) is 0 Å². The Morgan fingerprint density at radius 2 is 1.05 bits per heavy atom.